The summed E-state index contributed by atoms with van der Waals surface area (Å²) in [5.41, 5.74) is 0.828. The summed E-state index contributed by atoms with van der Waals surface area (Å²) in [6.45, 7) is 2.82. The van der Waals surface area contributed by atoms with Crippen LogP contribution in [-0.2, 0) is 6.42 Å². The van der Waals surface area contributed by atoms with Crippen molar-refractivity contribution in [3.05, 3.63) is 10.6 Å². The fraction of sp³-hybridized carbons (Fsp3) is 0.769. The molecule has 106 valence electrons. The SMILES string of the molecule is CCCc1nnsc1C(=O)NCC1CCC(Cl)CC1. The second-order valence-corrected chi connectivity index (χ2v) is 6.50. The highest BCUT2D eigenvalue weighted by molar-refractivity contribution is 7.08. The molecule has 0 bridgehead atoms. The molecule has 0 radical (unpaired) electrons. The van der Waals surface area contributed by atoms with Gasteiger partial charge in [-0.05, 0) is 49.6 Å². The second kappa shape index (κ2) is 7.20. The minimum Gasteiger partial charge on any atom is -0.351 e. The van der Waals surface area contributed by atoms with Crippen molar-refractivity contribution in [1.82, 2.24) is 14.9 Å². The van der Waals surface area contributed by atoms with E-state index in [1.165, 1.54) is 11.5 Å². The van der Waals surface area contributed by atoms with Crippen molar-refractivity contribution in [1.29, 1.82) is 0 Å². The zero-order chi connectivity index (χ0) is 13.7. The smallest absolute Gasteiger partial charge is 0.264 e. The Labute approximate surface area is 123 Å². The highest BCUT2D eigenvalue weighted by Gasteiger charge is 2.21. The maximum Gasteiger partial charge on any atom is 0.264 e. The molecule has 1 heterocycles. The largest absolute Gasteiger partial charge is 0.351 e. The van der Waals surface area contributed by atoms with Gasteiger partial charge < -0.3 is 5.32 Å². The number of hydrogen-bond donors (Lipinski definition) is 1. The Hall–Kier alpha value is -0.680. The predicted octanol–water partition coefficient (Wildman–Crippen LogP) is 3.02. The van der Waals surface area contributed by atoms with Crippen LogP contribution >= 0.6 is 23.1 Å². The van der Waals surface area contributed by atoms with Gasteiger partial charge in [-0.3, -0.25) is 4.79 Å². The first-order chi connectivity index (χ1) is 9.20. The number of carbonyl (C=O) groups excluding carboxylic acids is 1. The van der Waals surface area contributed by atoms with Gasteiger partial charge in [-0.25, -0.2) is 0 Å². The fourth-order valence-corrected chi connectivity index (χ4v) is 3.30. The van der Waals surface area contributed by atoms with E-state index in [9.17, 15) is 4.79 Å². The van der Waals surface area contributed by atoms with Gasteiger partial charge >= 0.3 is 0 Å². The third-order valence-electron chi connectivity index (χ3n) is 3.58. The summed E-state index contributed by atoms with van der Waals surface area (Å²) in [5, 5.41) is 7.37. The summed E-state index contributed by atoms with van der Waals surface area (Å²) in [4.78, 5) is 12.8. The molecule has 0 aromatic carbocycles. The number of alkyl halides is 1. The normalized spacial score (nSPS) is 23.3. The monoisotopic (exact) mass is 301 g/mol. The van der Waals surface area contributed by atoms with Gasteiger partial charge in [-0.1, -0.05) is 17.8 Å². The van der Waals surface area contributed by atoms with Gasteiger partial charge in [0, 0.05) is 11.9 Å². The average molecular weight is 302 g/mol. The van der Waals surface area contributed by atoms with Gasteiger partial charge in [0.05, 0.1) is 5.69 Å². The average Bonchev–Trinajstić information content (AvgIpc) is 2.86. The highest BCUT2D eigenvalue weighted by atomic mass is 35.5. The number of halogens is 1. The molecule has 0 saturated heterocycles. The van der Waals surface area contributed by atoms with Crippen LogP contribution in [0.1, 0.15) is 54.4 Å². The van der Waals surface area contributed by atoms with Crippen molar-refractivity contribution in [2.75, 3.05) is 6.54 Å². The summed E-state index contributed by atoms with van der Waals surface area (Å²) < 4.78 is 3.88. The molecular weight excluding hydrogens is 282 g/mol. The number of aromatic nitrogens is 2. The van der Waals surface area contributed by atoms with E-state index in [1.54, 1.807) is 0 Å². The molecule has 1 fully saturated rings. The standard InChI is InChI=1S/C13H20ClN3OS/c1-2-3-11-12(19-17-16-11)13(18)15-8-9-4-6-10(14)7-5-9/h9-10H,2-8H2,1H3,(H,15,18). The molecule has 0 spiro atoms. The van der Waals surface area contributed by atoms with Crippen LogP contribution < -0.4 is 5.32 Å². The summed E-state index contributed by atoms with van der Waals surface area (Å²) in [6, 6.07) is 0. The zero-order valence-corrected chi connectivity index (χ0v) is 12.8. The van der Waals surface area contributed by atoms with E-state index in [2.05, 4.69) is 21.8 Å². The second-order valence-electron chi connectivity index (χ2n) is 5.13. The predicted molar refractivity (Wildman–Crippen MR) is 77.8 cm³/mol. The molecule has 1 aromatic heterocycles. The lowest BCUT2D eigenvalue weighted by Crippen LogP contribution is -2.31. The van der Waals surface area contributed by atoms with E-state index in [-0.39, 0.29) is 5.91 Å². The molecule has 1 saturated carbocycles. The molecule has 19 heavy (non-hydrogen) atoms. The van der Waals surface area contributed by atoms with Gasteiger partial charge in [0.1, 0.15) is 4.88 Å². The molecule has 6 heteroatoms. The van der Waals surface area contributed by atoms with E-state index in [0.29, 0.717) is 16.2 Å². The van der Waals surface area contributed by atoms with Gasteiger partial charge in [-0.15, -0.1) is 16.7 Å². The van der Waals surface area contributed by atoms with E-state index in [0.717, 1.165) is 50.8 Å². The Kier molecular flexibility index (Phi) is 5.58. The molecular formula is C13H20ClN3OS. The molecule has 2 rings (SSSR count). The fourth-order valence-electron chi connectivity index (χ4n) is 2.42. The van der Waals surface area contributed by atoms with Gasteiger partial charge in [0.15, 0.2) is 0 Å². The summed E-state index contributed by atoms with van der Waals surface area (Å²) in [6.07, 6.45) is 6.13. The van der Waals surface area contributed by atoms with Crippen LogP contribution in [0.5, 0.6) is 0 Å². The molecule has 0 aliphatic heterocycles. The van der Waals surface area contributed by atoms with Crippen molar-refractivity contribution in [3.8, 4) is 0 Å². The lowest BCUT2D eigenvalue weighted by molar-refractivity contribution is 0.0946. The van der Waals surface area contributed by atoms with E-state index in [1.807, 2.05) is 0 Å². The molecule has 1 aliphatic carbocycles. The van der Waals surface area contributed by atoms with Crippen LogP contribution in [0.4, 0.5) is 0 Å². The van der Waals surface area contributed by atoms with Crippen LogP contribution in [0.2, 0.25) is 0 Å². The van der Waals surface area contributed by atoms with Gasteiger partial charge in [0.25, 0.3) is 5.91 Å². The van der Waals surface area contributed by atoms with Crippen LogP contribution in [0.3, 0.4) is 0 Å². The Morgan fingerprint density at radius 2 is 2.16 bits per heavy atom. The van der Waals surface area contributed by atoms with E-state index in [4.69, 9.17) is 11.6 Å². The van der Waals surface area contributed by atoms with Crippen molar-refractivity contribution >= 4 is 29.0 Å². The quantitative estimate of drug-likeness (QED) is 0.851. The van der Waals surface area contributed by atoms with Gasteiger partial charge in [-0.2, -0.15) is 0 Å². The molecule has 0 atom stereocenters. The Balaban J connectivity index is 1.82. The summed E-state index contributed by atoms with van der Waals surface area (Å²) in [5.74, 6) is 0.543. The zero-order valence-electron chi connectivity index (χ0n) is 11.2. The summed E-state index contributed by atoms with van der Waals surface area (Å²) >= 11 is 7.27. The lowest BCUT2D eigenvalue weighted by atomic mass is 9.89. The third kappa shape index (κ3) is 4.14. The van der Waals surface area contributed by atoms with Crippen molar-refractivity contribution in [2.24, 2.45) is 5.92 Å². The minimum atomic E-state index is -0.0218. The maximum absolute atomic E-state index is 12.1. The minimum absolute atomic E-state index is 0.0218. The molecule has 1 N–H and O–H groups in total. The number of amides is 1. The molecule has 0 unspecified atom stereocenters. The Morgan fingerprint density at radius 3 is 2.84 bits per heavy atom. The van der Waals surface area contributed by atoms with Crippen molar-refractivity contribution < 1.29 is 4.79 Å². The number of carbonyl (C=O) groups is 1. The maximum atomic E-state index is 12.1. The lowest BCUT2D eigenvalue weighted by Gasteiger charge is -2.24. The van der Waals surface area contributed by atoms with Crippen LogP contribution in [0.15, 0.2) is 0 Å². The van der Waals surface area contributed by atoms with Crippen molar-refractivity contribution in [3.63, 3.8) is 0 Å². The molecule has 1 aromatic rings. The summed E-state index contributed by atoms with van der Waals surface area (Å²) in [7, 11) is 0. The van der Waals surface area contributed by atoms with Crippen molar-refractivity contribution in [2.45, 2.75) is 50.8 Å². The first-order valence-electron chi connectivity index (χ1n) is 6.94. The van der Waals surface area contributed by atoms with Crippen LogP contribution in [0.25, 0.3) is 0 Å². The molecule has 1 amide bonds. The number of nitrogens with zero attached hydrogens (tertiary/aromatic N) is 2. The van der Waals surface area contributed by atoms with Crippen LogP contribution in [0, 0.1) is 5.92 Å². The molecule has 1 aliphatic rings. The number of nitrogens with one attached hydrogen (secondary N) is 1. The third-order valence-corrected chi connectivity index (χ3v) is 4.78. The number of aryl methyl sites for hydroxylation is 1. The topological polar surface area (TPSA) is 54.9 Å². The number of rotatable bonds is 5. The Morgan fingerprint density at radius 1 is 1.42 bits per heavy atom. The highest BCUT2D eigenvalue weighted by Crippen LogP contribution is 2.27. The van der Waals surface area contributed by atoms with Crippen LogP contribution in [-0.4, -0.2) is 27.4 Å². The number of hydrogen-bond acceptors (Lipinski definition) is 4. The van der Waals surface area contributed by atoms with E-state index >= 15 is 0 Å². The Bertz CT molecular complexity index is 416. The van der Waals surface area contributed by atoms with Gasteiger partial charge in [0.2, 0.25) is 0 Å². The first-order valence-corrected chi connectivity index (χ1v) is 8.15. The van der Waals surface area contributed by atoms with E-state index < -0.39 is 0 Å². The first kappa shape index (κ1) is 14.7. The molecule has 4 nitrogen and oxygen atoms in total.